The molecule has 0 amide bonds. The summed E-state index contributed by atoms with van der Waals surface area (Å²) in [4.78, 5) is 20.6. The van der Waals surface area contributed by atoms with Gasteiger partial charge in [0.2, 0.25) is 5.95 Å². The molecule has 0 unspecified atom stereocenters. The van der Waals surface area contributed by atoms with Crippen molar-refractivity contribution in [3.63, 3.8) is 0 Å². The molecule has 25 heavy (non-hydrogen) atoms. The third kappa shape index (κ3) is 3.23. The van der Waals surface area contributed by atoms with E-state index in [1.807, 2.05) is 0 Å². The summed E-state index contributed by atoms with van der Waals surface area (Å²) in [7, 11) is 1.55. The van der Waals surface area contributed by atoms with Crippen LogP contribution in [-0.2, 0) is 5.41 Å². The van der Waals surface area contributed by atoms with Gasteiger partial charge in [-0.25, -0.2) is 19.9 Å². The Kier molecular flexibility index (Phi) is 4.03. The maximum Gasteiger partial charge on any atom is 0.220 e. The first-order valence-electron chi connectivity index (χ1n) is 7.79. The van der Waals surface area contributed by atoms with Gasteiger partial charge >= 0.3 is 0 Å². The molecule has 0 bridgehead atoms. The highest BCUT2D eigenvalue weighted by atomic mass is 16.5. The standard InChI is InChI=1S/C17H21N7O/c1-17(2,3)15-23-12(9-7-11(25-4)14(18)21-8-9)13(24-15)10-5-6-20-16(19)22-10/h5-8H,1-4H3,(H2,18,21)(H,23,24)(H2,19,20,22). The zero-order chi connectivity index (χ0) is 18.2. The lowest BCUT2D eigenvalue weighted by atomic mass is 9.96. The summed E-state index contributed by atoms with van der Waals surface area (Å²) < 4.78 is 5.27. The second-order valence-corrected chi connectivity index (χ2v) is 6.67. The number of ether oxygens (including phenoxy) is 1. The number of hydrogen-bond donors (Lipinski definition) is 3. The van der Waals surface area contributed by atoms with Crippen LogP contribution in [0.15, 0.2) is 24.5 Å². The Hall–Kier alpha value is -3.16. The average molecular weight is 339 g/mol. The van der Waals surface area contributed by atoms with E-state index in [-0.39, 0.29) is 11.4 Å². The number of anilines is 2. The Balaban J connectivity index is 2.23. The van der Waals surface area contributed by atoms with E-state index in [9.17, 15) is 0 Å². The largest absolute Gasteiger partial charge is 0.493 e. The normalized spacial score (nSPS) is 11.5. The maximum absolute atomic E-state index is 5.82. The van der Waals surface area contributed by atoms with Gasteiger partial charge in [-0.3, -0.25) is 0 Å². The fraction of sp³-hybridized carbons (Fsp3) is 0.294. The molecule has 3 aromatic rings. The SMILES string of the molecule is COc1cc(-c2nc(C(C)(C)C)[nH]c2-c2ccnc(N)n2)cnc1N. The fourth-order valence-electron chi connectivity index (χ4n) is 2.38. The van der Waals surface area contributed by atoms with E-state index in [2.05, 4.69) is 40.7 Å². The lowest BCUT2D eigenvalue weighted by molar-refractivity contribution is 0.415. The molecule has 0 aliphatic carbocycles. The van der Waals surface area contributed by atoms with E-state index in [1.54, 1.807) is 31.6 Å². The lowest BCUT2D eigenvalue weighted by Gasteiger charge is -2.14. The number of aromatic amines is 1. The van der Waals surface area contributed by atoms with Crippen molar-refractivity contribution < 1.29 is 4.74 Å². The van der Waals surface area contributed by atoms with Crippen LogP contribution in [0.3, 0.4) is 0 Å². The molecule has 0 spiro atoms. The first-order valence-corrected chi connectivity index (χ1v) is 7.79. The quantitative estimate of drug-likeness (QED) is 0.668. The molecule has 8 heteroatoms. The summed E-state index contributed by atoms with van der Waals surface area (Å²) in [6, 6.07) is 3.58. The molecular formula is C17H21N7O. The third-order valence-corrected chi connectivity index (χ3v) is 3.72. The first-order chi connectivity index (χ1) is 11.8. The van der Waals surface area contributed by atoms with E-state index < -0.39 is 0 Å². The predicted octanol–water partition coefficient (Wildman–Crippen LogP) is 2.40. The van der Waals surface area contributed by atoms with Crippen molar-refractivity contribution in [3.05, 3.63) is 30.4 Å². The van der Waals surface area contributed by atoms with Gasteiger partial charge in [-0.05, 0) is 12.1 Å². The number of nitrogens with zero attached hydrogens (tertiary/aromatic N) is 4. The summed E-state index contributed by atoms with van der Waals surface area (Å²) >= 11 is 0. The monoisotopic (exact) mass is 339 g/mol. The Bertz CT molecular complexity index is 912. The van der Waals surface area contributed by atoms with Gasteiger partial charge in [0.05, 0.1) is 24.2 Å². The van der Waals surface area contributed by atoms with Crippen LogP contribution < -0.4 is 16.2 Å². The van der Waals surface area contributed by atoms with Gasteiger partial charge in [0.15, 0.2) is 11.6 Å². The summed E-state index contributed by atoms with van der Waals surface area (Å²) in [5, 5.41) is 0. The van der Waals surface area contributed by atoms with E-state index in [4.69, 9.17) is 21.2 Å². The number of rotatable bonds is 3. The van der Waals surface area contributed by atoms with Gasteiger partial charge in [-0.15, -0.1) is 0 Å². The molecule has 3 aromatic heterocycles. The highest BCUT2D eigenvalue weighted by Crippen LogP contribution is 2.34. The second kappa shape index (κ2) is 6.04. The van der Waals surface area contributed by atoms with Crippen molar-refractivity contribution >= 4 is 11.8 Å². The molecule has 3 rings (SSSR count). The second-order valence-electron chi connectivity index (χ2n) is 6.67. The van der Waals surface area contributed by atoms with Crippen LogP contribution in [0.4, 0.5) is 11.8 Å². The van der Waals surface area contributed by atoms with Gasteiger partial charge in [0, 0.05) is 23.4 Å². The zero-order valence-electron chi connectivity index (χ0n) is 14.7. The van der Waals surface area contributed by atoms with E-state index in [0.717, 1.165) is 17.1 Å². The fourth-order valence-corrected chi connectivity index (χ4v) is 2.38. The number of imidazole rings is 1. The number of pyridine rings is 1. The molecule has 5 N–H and O–H groups in total. The number of nitrogens with one attached hydrogen (secondary N) is 1. The van der Waals surface area contributed by atoms with Gasteiger partial charge in [-0.1, -0.05) is 20.8 Å². The maximum atomic E-state index is 5.82. The Labute approximate surface area is 145 Å². The molecular weight excluding hydrogens is 318 g/mol. The van der Waals surface area contributed by atoms with E-state index in [0.29, 0.717) is 23.0 Å². The predicted molar refractivity (Wildman–Crippen MR) is 96.9 cm³/mol. The molecule has 0 saturated carbocycles. The number of methoxy groups -OCH3 is 1. The Morgan fingerprint density at radius 3 is 2.52 bits per heavy atom. The van der Waals surface area contributed by atoms with Crippen molar-refractivity contribution in [2.75, 3.05) is 18.6 Å². The Morgan fingerprint density at radius 2 is 1.88 bits per heavy atom. The molecule has 0 atom stereocenters. The van der Waals surface area contributed by atoms with Crippen LogP contribution in [0, 0.1) is 0 Å². The minimum absolute atomic E-state index is 0.170. The van der Waals surface area contributed by atoms with Crippen LogP contribution in [0.25, 0.3) is 22.6 Å². The summed E-state index contributed by atoms with van der Waals surface area (Å²) in [5.41, 5.74) is 14.3. The van der Waals surface area contributed by atoms with Gasteiger partial charge in [0.25, 0.3) is 0 Å². The average Bonchev–Trinajstić information content (AvgIpc) is 3.01. The van der Waals surface area contributed by atoms with Crippen molar-refractivity contribution in [2.24, 2.45) is 0 Å². The number of nitrogen functional groups attached to an aromatic ring is 2. The van der Waals surface area contributed by atoms with Gasteiger partial charge in [-0.2, -0.15) is 0 Å². The molecule has 0 aliphatic heterocycles. The molecule has 8 nitrogen and oxygen atoms in total. The van der Waals surface area contributed by atoms with Crippen molar-refractivity contribution in [1.82, 2.24) is 24.9 Å². The molecule has 0 aliphatic rings. The number of hydrogen-bond acceptors (Lipinski definition) is 7. The molecule has 3 heterocycles. The summed E-state index contributed by atoms with van der Waals surface area (Å²) in [5.74, 6) is 1.84. The Morgan fingerprint density at radius 1 is 1.12 bits per heavy atom. The summed E-state index contributed by atoms with van der Waals surface area (Å²) in [6.07, 6.45) is 3.27. The lowest BCUT2D eigenvalue weighted by Crippen LogP contribution is -2.13. The van der Waals surface area contributed by atoms with Gasteiger partial charge < -0.3 is 21.2 Å². The van der Waals surface area contributed by atoms with Gasteiger partial charge in [0.1, 0.15) is 5.82 Å². The minimum atomic E-state index is -0.170. The number of aromatic nitrogens is 5. The van der Waals surface area contributed by atoms with Crippen LogP contribution in [0.1, 0.15) is 26.6 Å². The molecule has 0 radical (unpaired) electrons. The van der Waals surface area contributed by atoms with Crippen molar-refractivity contribution in [3.8, 4) is 28.4 Å². The minimum Gasteiger partial charge on any atom is -0.493 e. The van der Waals surface area contributed by atoms with Crippen LogP contribution in [-0.4, -0.2) is 32.0 Å². The summed E-state index contributed by atoms with van der Waals surface area (Å²) in [6.45, 7) is 6.24. The van der Waals surface area contributed by atoms with E-state index in [1.165, 1.54) is 0 Å². The molecule has 0 saturated heterocycles. The highest BCUT2D eigenvalue weighted by Gasteiger charge is 2.23. The van der Waals surface area contributed by atoms with Crippen LogP contribution in [0.2, 0.25) is 0 Å². The molecule has 0 fully saturated rings. The van der Waals surface area contributed by atoms with Crippen LogP contribution in [0.5, 0.6) is 5.75 Å². The molecule has 0 aromatic carbocycles. The number of H-pyrrole nitrogens is 1. The van der Waals surface area contributed by atoms with E-state index >= 15 is 0 Å². The van der Waals surface area contributed by atoms with Crippen LogP contribution >= 0.6 is 0 Å². The highest BCUT2D eigenvalue weighted by molar-refractivity contribution is 5.78. The van der Waals surface area contributed by atoms with Crippen molar-refractivity contribution in [2.45, 2.75) is 26.2 Å². The third-order valence-electron chi connectivity index (χ3n) is 3.72. The zero-order valence-corrected chi connectivity index (χ0v) is 14.7. The topological polar surface area (TPSA) is 129 Å². The first kappa shape index (κ1) is 16.7. The molecule has 130 valence electrons. The smallest absolute Gasteiger partial charge is 0.220 e. The number of nitrogens with two attached hydrogens (primary N) is 2. The van der Waals surface area contributed by atoms with Crippen molar-refractivity contribution in [1.29, 1.82) is 0 Å².